The highest BCUT2D eigenvalue weighted by molar-refractivity contribution is 5.92. The zero-order chi connectivity index (χ0) is 22.8. The molecule has 4 heterocycles. The van der Waals surface area contributed by atoms with Gasteiger partial charge in [-0.15, -0.1) is 0 Å². The lowest BCUT2D eigenvalue weighted by Gasteiger charge is -2.24. The molecule has 1 fully saturated rings. The van der Waals surface area contributed by atoms with Gasteiger partial charge in [-0.05, 0) is 52.7 Å². The average molecular weight is 433 g/mol. The van der Waals surface area contributed by atoms with Gasteiger partial charge in [-0.1, -0.05) is 0 Å². The Balaban J connectivity index is 1.58. The van der Waals surface area contributed by atoms with Crippen molar-refractivity contribution in [2.75, 3.05) is 11.9 Å². The number of hydrogen-bond donors (Lipinski definition) is 1. The second-order valence-corrected chi connectivity index (χ2v) is 8.12. The summed E-state index contributed by atoms with van der Waals surface area (Å²) in [6.07, 6.45) is 8.50. The lowest BCUT2D eigenvalue weighted by atomic mass is 10.1. The summed E-state index contributed by atoms with van der Waals surface area (Å²) in [5, 5.41) is 7.62. The summed E-state index contributed by atoms with van der Waals surface area (Å²) in [7, 11) is 1.90. The Hall–Kier alpha value is -3.62. The molecule has 1 aliphatic heterocycles. The number of rotatable bonds is 5. The molecule has 0 spiro atoms. The van der Waals surface area contributed by atoms with Crippen molar-refractivity contribution in [1.82, 2.24) is 34.6 Å². The molecule has 1 aliphatic rings. The Labute approximate surface area is 187 Å². The van der Waals surface area contributed by atoms with Gasteiger partial charge < -0.3 is 10.2 Å². The zero-order valence-corrected chi connectivity index (χ0v) is 19.1. The number of aromatic nitrogens is 6. The number of aryl methyl sites for hydroxylation is 4. The summed E-state index contributed by atoms with van der Waals surface area (Å²) in [5.74, 6) is 1.00. The van der Waals surface area contributed by atoms with Crippen molar-refractivity contribution < 1.29 is 4.79 Å². The third-order valence-corrected chi connectivity index (χ3v) is 5.75. The third-order valence-electron chi connectivity index (χ3n) is 5.75. The van der Waals surface area contributed by atoms with Crippen molar-refractivity contribution in [3.05, 3.63) is 58.6 Å². The lowest BCUT2D eigenvalue weighted by Crippen LogP contribution is -2.30. The molecule has 9 nitrogen and oxygen atoms in total. The summed E-state index contributed by atoms with van der Waals surface area (Å²) in [5.41, 5.74) is 5.37. The van der Waals surface area contributed by atoms with Crippen molar-refractivity contribution in [2.24, 2.45) is 7.05 Å². The Kier molecular flexibility index (Phi) is 5.98. The highest BCUT2D eigenvalue weighted by atomic mass is 16.2. The second-order valence-electron chi connectivity index (χ2n) is 8.12. The number of anilines is 2. The molecule has 1 N–H and O–H groups in total. The number of carbonyl (C=O) groups is 1. The predicted molar refractivity (Wildman–Crippen MR) is 122 cm³/mol. The maximum absolute atomic E-state index is 13.1. The van der Waals surface area contributed by atoms with E-state index in [1.54, 1.807) is 18.5 Å². The Morgan fingerprint density at radius 1 is 1.12 bits per heavy atom. The Morgan fingerprint density at radius 2 is 1.84 bits per heavy atom. The molecule has 0 radical (unpaired) electrons. The fourth-order valence-electron chi connectivity index (χ4n) is 4.17. The van der Waals surface area contributed by atoms with Crippen LogP contribution in [0.2, 0.25) is 0 Å². The SMILES string of the molecule is Cc1cc(C)nc(Nc2nccnc2C2CCCN2C(=O)/C=C/c2c(C)nn(C)c2C)n1. The molecule has 3 aromatic heterocycles. The first-order valence-corrected chi connectivity index (χ1v) is 10.7. The molecule has 3 aromatic rings. The predicted octanol–water partition coefficient (Wildman–Crippen LogP) is 3.35. The van der Waals surface area contributed by atoms with E-state index in [2.05, 4.69) is 30.4 Å². The molecule has 0 bridgehead atoms. The van der Waals surface area contributed by atoms with Crippen molar-refractivity contribution in [1.29, 1.82) is 0 Å². The van der Waals surface area contributed by atoms with E-state index in [-0.39, 0.29) is 11.9 Å². The molecule has 1 unspecified atom stereocenters. The first-order valence-electron chi connectivity index (χ1n) is 10.7. The highest BCUT2D eigenvalue weighted by Crippen LogP contribution is 2.34. The molecule has 32 heavy (non-hydrogen) atoms. The number of carbonyl (C=O) groups excluding carboxylic acids is 1. The first kappa shape index (κ1) is 21.6. The van der Waals surface area contributed by atoms with Crippen LogP contribution < -0.4 is 5.32 Å². The van der Waals surface area contributed by atoms with Gasteiger partial charge in [0, 0.05) is 54.7 Å². The minimum atomic E-state index is -0.162. The zero-order valence-electron chi connectivity index (χ0n) is 19.1. The highest BCUT2D eigenvalue weighted by Gasteiger charge is 2.32. The van der Waals surface area contributed by atoms with Crippen LogP contribution >= 0.6 is 0 Å². The number of nitrogens with zero attached hydrogens (tertiary/aromatic N) is 7. The van der Waals surface area contributed by atoms with E-state index in [0.29, 0.717) is 18.3 Å². The summed E-state index contributed by atoms with van der Waals surface area (Å²) in [6.45, 7) is 8.46. The number of likely N-dealkylation sites (tertiary alicyclic amines) is 1. The lowest BCUT2D eigenvalue weighted by molar-refractivity contribution is -0.126. The molecule has 0 aliphatic carbocycles. The smallest absolute Gasteiger partial charge is 0.247 e. The van der Waals surface area contributed by atoms with Gasteiger partial charge in [-0.2, -0.15) is 5.10 Å². The fraction of sp³-hybridized carbons (Fsp3) is 0.391. The molecule has 4 rings (SSSR count). The molecule has 1 atom stereocenters. The molecular weight excluding hydrogens is 404 g/mol. The van der Waals surface area contributed by atoms with E-state index in [0.717, 1.165) is 46.9 Å². The molecule has 1 amide bonds. The maximum atomic E-state index is 13.1. The van der Waals surface area contributed by atoms with Crippen molar-refractivity contribution in [3.8, 4) is 0 Å². The molecule has 1 saturated heterocycles. The van der Waals surface area contributed by atoms with Crippen LogP contribution in [0.3, 0.4) is 0 Å². The summed E-state index contributed by atoms with van der Waals surface area (Å²) < 4.78 is 1.82. The van der Waals surface area contributed by atoms with Crippen LogP contribution in [-0.2, 0) is 11.8 Å². The maximum Gasteiger partial charge on any atom is 0.247 e. The van der Waals surface area contributed by atoms with Gasteiger partial charge in [0.15, 0.2) is 5.82 Å². The van der Waals surface area contributed by atoms with Crippen molar-refractivity contribution >= 4 is 23.7 Å². The standard InChI is InChI=1S/C23H28N8O/c1-14-13-15(2)27-23(26-14)28-22-21(24-10-11-25-22)19-7-6-12-31(19)20(32)9-8-18-16(3)29-30(5)17(18)4/h8-11,13,19H,6-7,12H2,1-5H3,(H,25,26,27,28)/b9-8+. The second kappa shape index (κ2) is 8.86. The topological polar surface area (TPSA) is 102 Å². The number of nitrogens with one attached hydrogen (secondary N) is 1. The normalized spacial score (nSPS) is 16.2. The summed E-state index contributed by atoms with van der Waals surface area (Å²) in [6, 6.07) is 1.75. The third kappa shape index (κ3) is 4.37. The molecule has 0 aromatic carbocycles. The van der Waals surface area contributed by atoms with E-state index in [4.69, 9.17) is 0 Å². The van der Waals surface area contributed by atoms with Crippen LogP contribution in [0.15, 0.2) is 24.5 Å². The van der Waals surface area contributed by atoms with Gasteiger partial charge in [0.25, 0.3) is 0 Å². The molecular formula is C23H28N8O. The fourth-order valence-corrected chi connectivity index (χ4v) is 4.17. The van der Waals surface area contributed by atoms with E-state index in [1.807, 2.05) is 56.5 Å². The van der Waals surface area contributed by atoms with Crippen LogP contribution in [0.5, 0.6) is 0 Å². The summed E-state index contributed by atoms with van der Waals surface area (Å²) in [4.78, 5) is 32.9. The van der Waals surface area contributed by atoms with Gasteiger partial charge in [0.1, 0.15) is 5.69 Å². The average Bonchev–Trinajstić information content (AvgIpc) is 3.31. The van der Waals surface area contributed by atoms with Gasteiger partial charge in [-0.3, -0.25) is 14.5 Å². The quantitative estimate of drug-likeness (QED) is 0.617. The first-order chi connectivity index (χ1) is 15.3. The van der Waals surface area contributed by atoms with Gasteiger partial charge in [0.2, 0.25) is 11.9 Å². The van der Waals surface area contributed by atoms with Gasteiger partial charge in [0.05, 0.1) is 11.7 Å². The Morgan fingerprint density at radius 3 is 2.53 bits per heavy atom. The molecule has 9 heteroatoms. The number of hydrogen-bond acceptors (Lipinski definition) is 7. The summed E-state index contributed by atoms with van der Waals surface area (Å²) >= 11 is 0. The van der Waals surface area contributed by atoms with Crippen molar-refractivity contribution in [2.45, 2.75) is 46.6 Å². The van der Waals surface area contributed by atoms with Gasteiger partial charge >= 0.3 is 0 Å². The van der Waals surface area contributed by atoms with Crippen LogP contribution in [-0.4, -0.2) is 47.1 Å². The van der Waals surface area contributed by atoms with E-state index in [9.17, 15) is 4.79 Å². The van der Waals surface area contributed by atoms with E-state index in [1.165, 1.54) is 0 Å². The van der Waals surface area contributed by atoms with Crippen LogP contribution in [0.25, 0.3) is 6.08 Å². The van der Waals surface area contributed by atoms with E-state index < -0.39 is 0 Å². The molecule has 0 saturated carbocycles. The van der Waals surface area contributed by atoms with Crippen molar-refractivity contribution in [3.63, 3.8) is 0 Å². The minimum absolute atomic E-state index is 0.0468. The Bertz CT molecular complexity index is 1160. The van der Waals surface area contributed by atoms with Crippen LogP contribution in [0, 0.1) is 27.7 Å². The van der Waals surface area contributed by atoms with Gasteiger partial charge in [-0.25, -0.2) is 15.0 Å². The van der Waals surface area contributed by atoms with Crippen LogP contribution in [0.1, 0.15) is 52.9 Å². The monoisotopic (exact) mass is 432 g/mol. The largest absolute Gasteiger partial charge is 0.330 e. The molecule has 166 valence electrons. The van der Waals surface area contributed by atoms with Crippen LogP contribution in [0.4, 0.5) is 11.8 Å². The van der Waals surface area contributed by atoms with E-state index >= 15 is 0 Å². The minimum Gasteiger partial charge on any atom is -0.330 e. The number of amides is 1.